The molecular weight excluding hydrogens is 348 g/mol. The summed E-state index contributed by atoms with van der Waals surface area (Å²) in [5.41, 5.74) is 3.40. The van der Waals surface area contributed by atoms with Crippen LogP contribution in [-0.4, -0.2) is 35.3 Å². The summed E-state index contributed by atoms with van der Waals surface area (Å²) >= 11 is 6.99. The highest BCUT2D eigenvalue weighted by molar-refractivity contribution is 7.71. The van der Waals surface area contributed by atoms with Crippen LogP contribution < -0.4 is 11.3 Å². The van der Waals surface area contributed by atoms with Gasteiger partial charge in [-0.15, -0.1) is 15.3 Å². The van der Waals surface area contributed by atoms with Crippen LogP contribution in [0.4, 0.5) is 0 Å². The molecule has 0 atom stereocenters. The van der Waals surface area contributed by atoms with Gasteiger partial charge in [-0.05, 0) is 49.1 Å². The molecule has 22 heavy (non-hydrogen) atoms. The van der Waals surface area contributed by atoms with Crippen molar-refractivity contribution in [1.82, 2.24) is 34.8 Å². The van der Waals surface area contributed by atoms with Gasteiger partial charge in [-0.25, -0.2) is 10.9 Å². The molecule has 0 radical (unpaired) electrons. The van der Waals surface area contributed by atoms with Gasteiger partial charge in [0.25, 0.3) is 16.6 Å². The highest BCUT2D eigenvalue weighted by Gasteiger charge is 2.11. The lowest BCUT2D eigenvalue weighted by molar-refractivity contribution is 0.0957. The second kappa shape index (κ2) is 7.26. The average molecular weight is 358 g/mol. The van der Waals surface area contributed by atoms with E-state index in [1.165, 1.54) is 11.5 Å². The van der Waals surface area contributed by atoms with Gasteiger partial charge >= 0.3 is 0 Å². The summed E-state index contributed by atoms with van der Waals surface area (Å²) < 4.78 is 12.4. The molecule has 0 saturated heterocycles. The standard InChI is InChI=1S/C5H4N4OS2.C4H6N4OS/c1-2-3(12-9-6-2)4-7-8-5(11)10-4;1-2-3(4(9)6-5)10-8-7-2/h1H3,(H,8,11);5H2,1H3,(H,6,9). The molecule has 10 nitrogen and oxygen atoms in total. The number of aromatic amines is 1. The number of aryl methyl sites for hydroxylation is 2. The lowest BCUT2D eigenvalue weighted by Crippen LogP contribution is -2.29. The molecule has 3 heterocycles. The van der Waals surface area contributed by atoms with Crippen LogP contribution in [0.15, 0.2) is 4.42 Å². The van der Waals surface area contributed by atoms with E-state index >= 15 is 0 Å². The second-order valence-electron chi connectivity index (χ2n) is 3.77. The van der Waals surface area contributed by atoms with E-state index in [4.69, 9.17) is 22.5 Å². The maximum atomic E-state index is 10.8. The first-order chi connectivity index (χ1) is 10.5. The molecule has 0 aromatic carbocycles. The summed E-state index contributed by atoms with van der Waals surface area (Å²) in [6.07, 6.45) is 0. The van der Waals surface area contributed by atoms with E-state index < -0.39 is 0 Å². The number of nitrogen functional groups attached to an aromatic ring is 1. The third-order valence-corrected chi connectivity index (χ3v) is 4.09. The first-order valence-electron chi connectivity index (χ1n) is 5.67. The Labute approximate surface area is 137 Å². The fourth-order valence-corrected chi connectivity index (χ4v) is 2.53. The average Bonchev–Trinajstić information content (AvgIpc) is 3.20. The largest absolute Gasteiger partial charge is 0.408 e. The van der Waals surface area contributed by atoms with Gasteiger partial charge in [0, 0.05) is 0 Å². The minimum Gasteiger partial charge on any atom is -0.408 e. The summed E-state index contributed by atoms with van der Waals surface area (Å²) in [5, 5.41) is 13.8. The van der Waals surface area contributed by atoms with Crippen LogP contribution >= 0.6 is 35.3 Å². The Balaban J connectivity index is 0.000000164. The molecule has 4 N–H and O–H groups in total. The Kier molecular flexibility index (Phi) is 5.37. The van der Waals surface area contributed by atoms with Crippen LogP contribution in [0.5, 0.6) is 0 Å². The van der Waals surface area contributed by atoms with Crippen molar-refractivity contribution in [3.63, 3.8) is 0 Å². The minimum absolute atomic E-state index is 0.262. The van der Waals surface area contributed by atoms with Crippen LogP contribution in [0, 0.1) is 18.7 Å². The van der Waals surface area contributed by atoms with E-state index in [2.05, 4.69) is 29.4 Å². The molecule has 0 fully saturated rings. The number of nitrogens with one attached hydrogen (secondary N) is 2. The van der Waals surface area contributed by atoms with E-state index in [1.54, 1.807) is 6.92 Å². The molecule has 13 heteroatoms. The monoisotopic (exact) mass is 358 g/mol. The Morgan fingerprint density at radius 2 is 1.95 bits per heavy atom. The molecular formula is C9H10N8O2S3. The number of rotatable bonds is 2. The van der Waals surface area contributed by atoms with Gasteiger partial charge in [-0.2, -0.15) is 0 Å². The van der Waals surface area contributed by atoms with Gasteiger partial charge in [0.1, 0.15) is 9.75 Å². The number of carbonyl (C=O) groups excluding carboxylic acids is 1. The number of nitrogens with two attached hydrogens (primary N) is 1. The third kappa shape index (κ3) is 3.76. The number of hydrazine groups is 1. The Bertz CT molecular complexity index is 819. The molecule has 0 spiro atoms. The summed E-state index contributed by atoms with van der Waals surface area (Å²) in [7, 11) is 0. The third-order valence-electron chi connectivity index (χ3n) is 2.27. The molecule has 0 aliphatic heterocycles. The van der Waals surface area contributed by atoms with Crippen LogP contribution in [0.2, 0.25) is 0 Å². The number of H-pyrrole nitrogens is 1. The van der Waals surface area contributed by atoms with Crippen LogP contribution in [0.25, 0.3) is 10.8 Å². The molecule has 3 aromatic heterocycles. The predicted octanol–water partition coefficient (Wildman–Crippen LogP) is 1.01. The Morgan fingerprint density at radius 3 is 2.41 bits per heavy atom. The van der Waals surface area contributed by atoms with E-state index in [-0.39, 0.29) is 10.7 Å². The molecule has 0 aliphatic carbocycles. The van der Waals surface area contributed by atoms with Gasteiger partial charge in [0.15, 0.2) is 0 Å². The summed E-state index contributed by atoms with van der Waals surface area (Å²) in [6.45, 7) is 3.54. The Hall–Kier alpha value is -2.09. The van der Waals surface area contributed by atoms with E-state index in [1.807, 2.05) is 12.3 Å². The van der Waals surface area contributed by atoms with Gasteiger partial charge in [-0.1, -0.05) is 8.98 Å². The fourth-order valence-electron chi connectivity index (χ4n) is 1.26. The van der Waals surface area contributed by atoms with Crippen molar-refractivity contribution < 1.29 is 9.21 Å². The smallest absolute Gasteiger partial charge is 0.284 e. The number of aromatic nitrogens is 6. The van der Waals surface area contributed by atoms with Crippen molar-refractivity contribution in [2.24, 2.45) is 5.84 Å². The highest BCUT2D eigenvalue weighted by Crippen LogP contribution is 2.22. The number of carbonyl (C=O) groups is 1. The zero-order valence-corrected chi connectivity index (χ0v) is 13.8. The molecule has 0 aliphatic rings. The van der Waals surface area contributed by atoms with Gasteiger partial charge in [0.05, 0.1) is 11.4 Å². The van der Waals surface area contributed by atoms with Gasteiger partial charge < -0.3 is 4.42 Å². The number of hydrogen-bond donors (Lipinski definition) is 3. The quantitative estimate of drug-likeness (QED) is 0.264. The lowest BCUT2D eigenvalue weighted by atomic mass is 10.4. The predicted molar refractivity (Wildman–Crippen MR) is 81.6 cm³/mol. The fraction of sp³-hybridized carbons (Fsp3) is 0.222. The number of amides is 1. The van der Waals surface area contributed by atoms with Crippen molar-refractivity contribution >= 4 is 41.2 Å². The SMILES string of the molecule is Cc1nnsc1-c1n[nH]c(=S)o1.Cc1nnsc1C(=O)NN. The molecule has 1 amide bonds. The Morgan fingerprint density at radius 1 is 1.27 bits per heavy atom. The van der Waals surface area contributed by atoms with E-state index in [0.717, 1.165) is 22.1 Å². The zero-order chi connectivity index (χ0) is 16.1. The van der Waals surface area contributed by atoms with Crippen LogP contribution in [0.3, 0.4) is 0 Å². The van der Waals surface area contributed by atoms with Crippen molar-refractivity contribution in [1.29, 1.82) is 0 Å². The molecule has 0 saturated carbocycles. The first kappa shape index (κ1) is 16.3. The van der Waals surface area contributed by atoms with Crippen LogP contribution in [-0.2, 0) is 0 Å². The molecule has 0 unspecified atom stereocenters. The number of nitrogens with zero attached hydrogens (tertiary/aromatic N) is 5. The topological polar surface area (TPSA) is 148 Å². The lowest BCUT2D eigenvalue weighted by Gasteiger charge is -1.91. The minimum atomic E-state index is -0.340. The second-order valence-corrected chi connectivity index (χ2v) is 5.65. The van der Waals surface area contributed by atoms with Crippen molar-refractivity contribution in [2.45, 2.75) is 13.8 Å². The first-order valence-corrected chi connectivity index (χ1v) is 7.63. The van der Waals surface area contributed by atoms with Crippen LogP contribution in [0.1, 0.15) is 21.1 Å². The molecule has 116 valence electrons. The number of hydrogen-bond acceptors (Lipinski definition) is 11. The van der Waals surface area contributed by atoms with E-state index in [9.17, 15) is 4.79 Å². The zero-order valence-electron chi connectivity index (χ0n) is 11.4. The summed E-state index contributed by atoms with van der Waals surface area (Å²) in [5.74, 6) is 4.99. The molecule has 3 rings (SSSR count). The molecule has 0 bridgehead atoms. The maximum absolute atomic E-state index is 10.8. The maximum Gasteiger partial charge on any atom is 0.284 e. The summed E-state index contributed by atoms with van der Waals surface area (Å²) in [4.78, 5) is 12.3. The van der Waals surface area contributed by atoms with Crippen molar-refractivity contribution in [3.8, 4) is 10.8 Å². The molecule has 3 aromatic rings. The normalized spacial score (nSPS) is 9.95. The summed E-state index contributed by atoms with van der Waals surface area (Å²) in [6, 6.07) is 0. The van der Waals surface area contributed by atoms with E-state index in [0.29, 0.717) is 16.5 Å². The highest BCUT2D eigenvalue weighted by atomic mass is 32.1. The van der Waals surface area contributed by atoms with Crippen molar-refractivity contribution in [2.75, 3.05) is 0 Å². The van der Waals surface area contributed by atoms with Gasteiger partial charge in [0.2, 0.25) is 0 Å². The van der Waals surface area contributed by atoms with Gasteiger partial charge in [-0.3, -0.25) is 10.2 Å². The van der Waals surface area contributed by atoms with Crippen molar-refractivity contribution in [3.05, 3.63) is 21.1 Å².